The van der Waals surface area contributed by atoms with Crippen LogP contribution < -0.4 is 0 Å². The Balaban J connectivity index is 2.92. The van der Waals surface area contributed by atoms with Gasteiger partial charge < -0.3 is 0 Å². The molecule has 17 heavy (non-hydrogen) atoms. The fourth-order valence-electron chi connectivity index (χ4n) is 1.92. The van der Waals surface area contributed by atoms with Gasteiger partial charge in [0.1, 0.15) is 0 Å². The lowest BCUT2D eigenvalue weighted by Gasteiger charge is -2.11. The molecule has 0 atom stereocenters. The van der Waals surface area contributed by atoms with E-state index in [1.54, 1.807) is 0 Å². The average molecular weight is 226 g/mol. The summed E-state index contributed by atoms with van der Waals surface area (Å²) >= 11 is 0. The third kappa shape index (κ3) is 4.44. The van der Waals surface area contributed by atoms with Crippen LogP contribution in [0.4, 0.5) is 0 Å². The Morgan fingerprint density at radius 2 is 1.65 bits per heavy atom. The van der Waals surface area contributed by atoms with Gasteiger partial charge in [-0.2, -0.15) is 0 Å². The molecule has 0 saturated carbocycles. The van der Waals surface area contributed by atoms with E-state index in [0.717, 1.165) is 12.8 Å². The number of benzene rings is 1. The molecule has 0 heterocycles. The predicted molar refractivity (Wildman–Crippen MR) is 77.0 cm³/mol. The van der Waals surface area contributed by atoms with Gasteiger partial charge in [0.05, 0.1) is 0 Å². The van der Waals surface area contributed by atoms with Gasteiger partial charge in [0, 0.05) is 0 Å². The maximum Gasteiger partial charge on any atom is -0.00233 e. The first-order valence-corrected chi connectivity index (χ1v) is 6.18. The molecular weight excluding hydrogens is 204 g/mol. The van der Waals surface area contributed by atoms with E-state index in [4.69, 9.17) is 0 Å². The fourth-order valence-corrected chi connectivity index (χ4v) is 1.92. The highest BCUT2D eigenvalue weighted by Crippen LogP contribution is 2.20. The van der Waals surface area contributed by atoms with Crippen LogP contribution in [-0.4, -0.2) is 0 Å². The van der Waals surface area contributed by atoms with Crippen LogP contribution in [-0.2, 0) is 6.42 Å². The normalized spacial score (nSPS) is 12.2. The summed E-state index contributed by atoms with van der Waals surface area (Å²) in [6.45, 7) is 12.3. The molecule has 0 N–H and O–H groups in total. The summed E-state index contributed by atoms with van der Waals surface area (Å²) in [6, 6.07) is 10.5. The van der Waals surface area contributed by atoms with Crippen LogP contribution in [0.25, 0.3) is 0 Å². The molecule has 0 aliphatic rings. The van der Waals surface area contributed by atoms with Crippen LogP contribution in [0.5, 0.6) is 0 Å². The lowest BCUT2D eigenvalue weighted by atomic mass is 9.94. The van der Waals surface area contributed by atoms with Gasteiger partial charge in [-0.3, -0.25) is 0 Å². The molecule has 0 radical (unpaired) electrons. The molecule has 1 rings (SSSR count). The van der Waals surface area contributed by atoms with Crippen molar-refractivity contribution in [1.29, 1.82) is 0 Å². The molecule has 1 aromatic carbocycles. The smallest absolute Gasteiger partial charge is 0.00233 e. The molecule has 0 nitrogen and oxygen atoms in total. The van der Waals surface area contributed by atoms with Crippen molar-refractivity contribution >= 4 is 0 Å². The van der Waals surface area contributed by atoms with Gasteiger partial charge in [-0.25, -0.2) is 0 Å². The topological polar surface area (TPSA) is 0 Å². The zero-order valence-electron chi connectivity index (χ0n) is 10.9. The van der Waals surface area contributed by atoms with Gasteiger partial charge >= 0.3 is 0 Å². The Labute approximate surface area is 105 Å². The maximum atomic E-state index is 3.93. The van der Waals surface area contributed by atoms with Crippen molar-refractivity contribution < 1.29 is 0 Å². The Bertz CT molecular complexity index is 393. The molecule has 0 aliphatic carbocycles. The van der Waals surface area contributed by atoms with Gasteiger partial charge in [-0.15, -0.1) is 0 Å². The monoisotopic (exact) mass is 226 g/mol. The molecule has 90 valence electrons. The van der Waals surface area contributed by atoms with Crippen LogP contribution >= 0.6 is 0 Å². The Morgan fingerprint density at radius 1 is 1.06 bits per heavy atom. The van der Waals surface area contributed by atoms with Crippen LogP contribution in [0.2, 0.25) is 0 Å². The largest absolute Gasteiger partial charge is 0.0988 e. The zero-order chi connectivity index (χ0) is 12.7. The summed E-state index contributed by atoms with van der Waals surface area (Å²) in [7, 11) is 0. The number of hydrogen-bond acceptors (Lipinski definition) is 0. The number of allylic oxidation sites excluding steroid dienone is 4. The van der Waals surface area contributed by atoms with Crippen molar-refractivity contribution in [3.63, 3.8) is 0 Å². The SMILES string of the molecule is C=C/C(Cc1ccccc1)=C(\C=C)CC(C)C. The Kier molecular flexibility index (Phi) is 5.48. The highest BCUT2D eigenvalue weighted by atomic mass is 14.1. The summed E-state index contributed by atoms with van der Waals surface area (Å²) in [4.78, 5) is 0. The lowest BCUT2D eigenvalue weighted by Crippen LogP contribution is -1.96. The number of hydrogen-bond donors (Lipinski definition) is 0. The van der Waals surface area contributed by atoms with Gasteiger partial charge in [-0.05, 0) is 35.5 Å². The van der Waals surface area contributed by atoms with Crippen molar-refractivity contribution in [2.24, 2.45) is 5.92 Å². The van der Waals surface area contributed by atoms with E-state index in [-0.39, 0.29) is 0 Å². The van der Waals surface area contributed by atoms with Crippen LogP contribution in [0.3, 0.4) is 0 Å². The van der Waals surface area contributed by atoms with Crippen molar-refractivity contribution in [3.8, 4) is 0 Å². The third-order valence-corrected chi connectivity index (χ3v) is 2.77. The molecule has 0 saturated heterocycles. The second-order valence-corrected chi connectivity index (χ2v) is 4.72. The summed E-state index contributed by atoms with van der Waals surface area (Å²) in [5.41, 5.74) is 3.93. The minimum Gasteiger partial charge on any atom is -0.0988 e. The lowest BCUT2D eigenvalue weighted by molar-refractivity contribution is 0.646. The van der Waals surface area contributed by atoms with Crippen LogP contribution in [0.1, 0.15) is 25.8 Å². The molecule has 0 fully saturated rings. The van der Waals surface area contributed by atoms with E-state index in [1.807, 2.05) is 18.2 Å². The quantitative estimate of drug-likeness (QED) is 0.602. The first kappa shape index (κ1) is 13.5. The molecule has 0 heteroatoms. The highest BCUT2D eigenvalue weighted by molar-refractivity contribution is 5.36. The molecule has 0 bridgehead atoms. The fraction of sp³-hybridized carbons (Fsp3) is 0.294. The van der Waals surface area contributed by atoms with Gasteiger partial charge in [0.25, 0.3) is 0 Å². The summed E-state index contributed by atoms with van der Waals surface area (Å²) in [6.07, 6.45) is 5.95. The van der Waals surface area contributed by atoms with Crippen molar-refractivity contribution in [1.82, 2.24) is 0 Å². The van der Waals surface area contributed by atoms with Crippen molar-refractivity contribution in [2.75, 3.05) is 0 Å². The highest BCUT2D eigenvalue weighted by Gasteiger charge is 2.04. The molecule has 1 aromatic rings. The summed E-state index contributed by atoms with van der Waals surface area (Å²) < 4.78 is 0. The van der Waals surface area contributed by atoms with Crippen LogP contribution in [0, 0.1) is 5.92 Å². The summed E-state index contributed by atoms with van der Waals surface area (Å²) in [5.74, 6) is 0.647. The van der Waals surface area contributed by atoms with Gasteiger partial charge in [0.15, 0.2) is 0 Å². The zero-order valence-corrected chi connectivity index (χ0v) is 10.9. The second-order valence-electron chi connectivity index (χ2n) is 4.72. The summed E-state index contributed by atoms with van der Waals surface area (Å²) in [5, 5.41) is 0. The van der Waals surface area contributed by atoms with E-state index >= 15 is 0 Å². The molecule has 0 spiro atoms. The molecule has 0 aliphatic heterocycles. The van der Waals surface area contributed by atoms with Gasteiger partial charge in [0.2, 0.25) is 0 Å². The molecule has 0 unspecified atom stereocenters. The van der Waals surface area contributed by atoms with E-state index < -0.39 is 0 Å². The number of rotatable bonds is 6. The average Bonchev–Trinajstić information content (AvgIpc) is 2.34. The van der Waals surface area contributed by atoms with Crippen molar-refractivity contribution in [2.45, 2.75) is 26.7 Å². The maximum absolute atomic E-state index is 3.93. The third-order valence-electron chi connectivity index (χ3n) is 2.77. The Hall–Kier alpha value is -1.56. The van der Waals surface area contributed by atoms with E-state index in [0.29, 0.717) is 5.92 Å². The molecule has 0 amide bonds. The van der Waals surface area contributed by atoms with E-state index in [1.165, 1.54) is 16.7 Å². The first-order chi connectivity index (χ1) is 8.17. The van der Waals surface area contributed by atoms with E-state index in [9.17, 15) is 0 Å². The molecule has 0 aromatic heterocycles. The molecular formula is C17H22. The first-order valence-electron chi connectivity index (χ1n) is 6.18. The van der Waals surface area contributed by atoms with Crippen LogP contribution in [0.15, 0.2) is 66.8 Å². The standard InChI is InChI=1S/C17H22/c1-5-16(12-14(3)4)17(6-2)13-15-10-8-7-9-11-15/h5-11,14H,1-2,12-13H2,3-4H3/b17-16-. The predicted octanol–water partition coefficient (Wildman–Crippen LogP) is 4.94. The van der Waals surface area contributed by atoms with Gasteiger partial charge in [-0.1, -0.05) is 69.5 Å². The minimum absolute atomic E-state index is 0.647. The Morgan fingerprint density at radius 3 is 2.12 bits per heavy atom. The minimum atomic E-state index is 0.647. The van der Waals surface area contributed by atoms with Crippen molar-refractivity contribution in [3.05, 3.63) is 72.4 Å². The van der Waals surface area contributed by atoms with E-state index in [2.05, 4.69) is 51.3 Å². The second kappa shape index (κ2) is 6.90.